The molecule has 5 rings (SSSR count). The van der Waals surface area contributed by atoms with Crippen molar-refractivity contribution in [1.29, 1.82) is 0 Å². The van der Waals surface area contributed by atoms with Gasteiger partial charge in [-0.3, -0.25) is 4.79 Å². The Labute approximate surface area is 165 Å². The van der Waals surface area contributed by atoms with E-state index >= 15 is 0 Å². The predicted octanol–water partition coefficient (Wildman–Crippen LogP) is 3.40. The van der Waals surface area contributed by atoms with Gasteiger partial charge in [0, 0.05) is 16.6 Å². The van der Waals surface area contributed by atoms with Crippen LogP contribution in [0.15, 0.2) is 42.5 Å². The van der Waals surface area contributed by atoms with Crippen LogP contribution in [0.1, 0.15) is 46.3 Å². The average molecular weight is 390 g/mol. The Kier molecular flexibility index (Phi) is 4.12. The highest BCUT2D eigenvalue weighted by Crippen LogP contribution is 2.35. The molecule has 4 aromatic rings. The summed E-state index contributed by atoms with van der Waals surface area (Å²) in [5.74, 6) is 0.150. The molecule has 0 spiro atoms. The first-order valence-electron chi connectivity index (χ1n) is 9.57. The van der Waals surface area contributed by atoms with Crippen LogP contribution in [-0.4, -0.2) is 31.1 Å². The number of para-hydroxylation sites is 1. The van der Waals surface area contributed by atoms with Gasteiger partial charge in [-0.1, -0.05) is 12.1 Å². The van der Waals surface area contributed by atoms with Crippen LogP contribution in [0.25, 0.3) is 16.6 Å². The molecular formula is C21H19FN6O. The minimum atomic E-state index is -0.254. The fourth-order valence-electron chi connectivity index (χ4n) is 4.12. The van der Waals surface area contributed by atoms with Crippen molar-refractivity contribution >= 4 is 16.8 Å². The lowest BCUT2D eigenvalue weighted by molar-refractivity contribution is 0.0931. The van der Waals surface area contributed by atoms with Crippen LogP contribution in [0, 0.1) is 12.7 Å². The van der Waals surface area contributed by atoms with Crippen molar-refractivity contribution in [2.45, 2.75) is 32.2 Å². The lowest BCUT2D eigenvalue weighted by Crippen LogP contribution is -2.31. The number of fused-ring (bicyclic) bond motifs is 3. The van der Waals surface area contributed by atoms with E-state index in [9.17, 15) is 9.18 Å². The van der Waals surface area contributed by atoms with Crippen LogP contribution in [0.4, 0.5) is 4.39 Å². The molecule has 2 N–H and O–H groups in total. The first kappa shape index (κ1) is 17.5. The zero-order chi connectivity index (χ0) is 20.0. The Morgan fingerprint density at radius 3 is 2.97 bits per heavy atom. The molecule has 1 aliphatic carbocycles. The van der Waals surface area contributed by atoms with Gasteiger partial charge in [0.2, 0.25) is 0 Å². The molecule has 1 unspecified atom stereocenters. The van der Waals surface area contributed by atoms with Crippen molar-refractivity contribution in [2.24, 2.45) is 0 Å². The lowest BCUT2D eigenvalue weighted by Gasteiger charge is -2.24. The third kappa shape index (κ3) is 2.97. The van der Waals surface area contributed by atoms with E-state index in [1.807, 2.05) is 18.2 Å². The molecule has 2 heterocycles. The van der Waals surface area contributed by atoms with E-state index in [0.29, 0.717) is 17.1 Å². The molecule has 1 atom stereocenters. The fourth-order valence-corrected chi connectivity index (χ4v) is 4.12. The molecule has 146 valence electrons. The number of nitrogens with one attached hydrogen (secondary N) is 2. The van der Waals surface area contributed by atoms with Gasteiger partial charge in [0.15, 0.2) is 5.82 Å². The summed E-state index contributed by atoms with van der Waals surface area (Å²) in [5.41, 5.74) is 4.06. The Balaban J connectivity index is 1.49. The van der Waals surface area contributed by atoms with Gasteiger partial charge in [0.1, 0.15) is 5.82 Å². The smallest absolute Gasteiger partial charge is 0.254 e. The molecule has 2 aromatic carbocycles. The van der Waals surface area contributed by atoms with Crippen LogP contribution in [0.5, 0.6) is 0 Å². The predicted molar refractivity (Wildman–Crippen MR) is 105 cm³/mol. The number of carbonyl (C=O) groups is 1. The van der Waals surface area contributed by atoms with Crippen LogP contribution in [-0.2, 0) is 6.42 Å². The molecular weight excluding hydrogens is 371 g/mol. The molecule has 7 nitrogen and oxygen atoms in total. The van der Waals surface area contributed by atoms with Gasteiger partial charge in [-0.2, -0.15) is 4.68 Å². The van der Waals surface area contributed by atoms with Gasteiger partial charge >= 0.3 is 0 Å². The Hall–Kier alpha value is -3.55. The second-order valence-corrected chi connectivity index (χ2v) is 7.28. The van der Waals surface area contributed by atoms with E-state index < -0.39 is 0 Å². The molecule has 0 bridgehead atoms. The highest BCUT2D eigenvalue weighted by molar-refractivity contribution is 5.98. The maximum atomic E-state index is 13.7. The SMILES string of the molecule is Cc1nnnn1-c1ccccc1C(=O)NC1CCCc2c1[nH]c1ccc(F)cc21. The van der Waals surface area contributed by atoms with Gasteiger partial charge in [0.05, 0.1) is 17.3 Å². The Bertz CT molecular complexity index is 1230. The summed E-state index contributed by atoms with van der Waals surface area (Å²) >= 11 is 0. The number of hydrogen-bond donors (Lipinski definition) is 2. The lowest BCUT2D eigenvalue weighted by atomic mass is 9.91. The maximum Gasteiger partial charge on any atom is 0.254 e. The number of halogens is 1. The number of aryl methyl sites for hydroxylation is 2. The standard InChI is InChI=1S/C21H19FN6O/c1-12-25-26-27-28(12)19-8-3-2-5-15(19)21(29)24-18-7-4-6-14-16-11-13(22)9-10-17(16)23-20(14)18/h2-3,5,8-11,18,23H,4,6-7H2,1H3,(H,24,29). The fraction of sp³-hybridized carbons (Fsp3) is 0.238. The summed E-state index contributed by atoms with van der Waals surface area (Å²) in [6.45, 7) is 1.78. The number of rotatable bonds is 3. The van der Waals surface area contributed by atoms with Gasteiger partial charge in [-0.15, -0.1) is 5.10 Å². The molecule has 1 aliphatic rings. The normalized spacial score (nSPS) is 16.0. The number of benzene rings is 2. The van der Waals surface area contributed by atoms with E-state index in [0.717, 1.165) is 41.4 Å². The molecule has 29 heavy (non-hydrogen) atoms. The van der Waals surface area contributed by atoms with Crippen LogP contribution in [0.2, 0.25) is 0 Å². The first-order valence-corrected chi connectivity index (χ1v) is 9.57. The third-order valence-corrected chi connectivity index (χ3v) is 5.48. The van der Waals surface area contributed by atoms with Crippen LogP contribution >= 0.6 is 0 Å². The number of H-pyrrole nitrogens is 1. The zero-order valence-corrected chi connectivity index (χ0v) is 15.8. The monoisotopic (exact) mass is 390 g/mol. The second kappa shape index (κ2) is 6.80. The molecule has 0 fully saturated rings. The minimum Gasteiger partial charge on any atom is -0.356 e. The first-order chi connectivity index (χ1) is 14.1. The maximum absolute atomic E-state index is 13.7. The Morgan fingerprint density at radius 1 is 1.28 bits per heavy atom. The zero-order valence-electron chi connectivity index (χ0n) is 15.8. The van der Waals surface area contributed by atoms with Crippen molar-refractivity contribution in [1.82, 2.24) is 30.5 Å². The minimum absolute atomic E-state index is 0.162. The van der Waals surface area contributed by atoms with Crippen molar-refractivity contribution in [3.63, 3.8) is 0 Å². The van der Waals surface area contributed by atoms with Crippen molar-refractivity contribution in [3.8, 4) is 5.69 Å². The Morgan fingerprint density at radius 2 is 2.14 bits per heavy atom. The number of aromatic nitrogens is 5. The van der Waals surface area contributed by atoms with Crippen LogP contribution < -0.4 is 5.32 Å². The summed E-state index contributed by atoms with van der Waals surface area (Å²) in [7, 11) is 0. The van der Waals surface area contributed by atoms with Gasteiger partial charge in [-0.25, -0.2) is 4.39 Å². The average Bonchev–Trinajstić information content (AvgIpc) is 3.32. The number of nitrogens with zero attached hydrogens (tertiary/aromatic N) is 4. The van der Waals surface area contributed by atoms with Crippen molar-refractivity contribution < 1.29 is 9.18 Å². The summed E-state index contributed by atoms with van der Waals surface area (Å²) in [5, 5.41) is 15.6. The largest absolute Gasteiger partial charge is 0.356 e. The molecule has 1 amide bonds. The van der Waals surface area contributed by atoms with Crippen molar-refractivity contribution in [3.05, 3.63) is 70.9 Å². The van der Waals surface area contributed by atoms with Gasteiger partial charge < -0.3 is 10.3 Å². The number of amides is 1. The van der Waals surface area contributed by atoms with E-state index in [4.69, 9.17) is 0 Å². The quantitative estimate of drug-likeness (QED) is 0.561. The van der Waals surface area contributed by atoms with E-state index in [1.54, 1.807) is 29.8 Å². The number of carbonyl (C=O) groups excluding carboxylic acids is 1. The number of tetrazole rings is 1. The van der Waals surface area contributed by atoms with E-state index in [1.165, 1.54) is 6.07 Å². The second-order valence-electron chi connectivity index (χ2n) is 7.28. The summed E-state index contributed by atoms with van der Waals surface area (Å²) in [4.78, 5) is 16.5. The molecule has 8 heteroatoms. The molecule has 0 aliphatic heterocycles. The summed E-state index contributed by atoms with van der Waals surface area (Å²) < 4.78 is 15.3. The third-order valence-electron chi connectivity index (χ3n) is 5.48. The summed E-state index contributed by atoms with van der Waals surface area (Å²) in [6, 6.07) is 11.8. The number of aromatic amines is 1. The molecule has 0 radical (unpaired) electrons. The van der Waals surface area contributed by atoms with Crippen LogP contribution in [0.3, 0.4) is 0 Å². The number of hydrogen-bond acceptors (Lipinski definition) is 4. The van der Waals surface area contributed by atoms with Gasteiger partial charge in [0.25, 0.3) is 5.91 Å². The molecule has 0 saturated heterocycles. The van der Waals surface area contributed by atoms with Gasteiger partial charge in [-0.05, 0) is 72.5 Å². The van der Waals surface area contributed by atoms with Crippen molar-refractivity contribution in [2.75, 3.05) is 0 Å². The summed E-state index contributed by atoms with van der Waals surface area (Å²) in [6.07, 6.45) is 2.61. The molecule has 0 saturated carbocycles. The molecule has 2 aromatic heterocycles. The topological polar surface area (TPSA) is 88.5 Å². The van der Waals surface area contributed by atoms with E-state index in [-0.39, 0.29) is 17.8 Å². The van der Waals surface area contributed by atoms with E-state index in [2.05, 4.69) is 25.8 Å². The highest BCUT2D eigenvalue weighted by Gasteiger charge is 2.27. The highest BCUT2D eigenvalue weighted by atomic mass is 19.1.